The number of benzene rings is 1. The Morgan fingerprint density at radius 3 is 1.80 bits per heavy atom. The molecule has 2 N–H and O–H groups in total. The van der Waals surface area contributed by atoms with Crippen LogP contribution in [-0.2, 0) is 35.0 Å². The van der Waals surface area contributed by atoms with Gasteiger partial charge in [-0.3, -0.25) is 14.4 Å². The summed E-state index contributed by atoms with van der Waals surface area (Å²) in [6, 6.07) is 3.62. The maximum atomic E-state index is 12.8. The topological polar surface area (TPSA) is 140 Å². The van der Waals surface area contributed by atoms with Crippen molar-refractivity contribution in [3.05, 3.63) is 23.8 Å². The van der Waals surface area contributed by atoms with E-state index in [1.54, 1.807) is 54.5 Å². The van der Waals surface area contributed by atoms with Crippen molar-refractivity contribution in [2.24, 2.45) is 16.6 Å². The molecule has 0 spiro atoms. The zero-order valence-electron chi connectivity index (χ0n) is 26.3. The van der Waals surface area contributed by atoms with Gasteiger partial charge in [0.1, 0.15) is 24.4 Å². The van der Waals surface area contributed by atoms with Crippen LogP contribution in [0.1, 0.15) is 100 Å². The van der Waals surface area contributed by atoms with Crippen molar-refractivity contribution in [1.82, 2.24) is 0 Å². The molecule has 0 radical (unpaired) electrons. The molecule has 10 heteroatoms. The second-order valence-electron chi connectivity index (χ2n) is 11.8. The first-order valence-electron chi connectivity index (χ1n) is 14.4. The molecule has 0 bridgehead atoms. The van der Waals surface area contributed by atoms with Crippen LogP contribution >= 0.6 is 0 Å². The highest BCUT2D eigenvalue weighted by atomic mass is 16.7. The molecule has 0 amide bonds. The van der Waals surface area contributed by atoms with Crippen LogP contribution in [0.4, 0.5) is 4.79 Å². The molecule has 1 rings (SSSR count). The van der Waals surface area contributed by atoms with Crippen LogP contribution in [0.3, 0.4) is 0 Å². The molecule has 0 aliphatic rings. The molecule has 0 saturated heterocycles. The summed E-state index contributed by atoms with van der Waals surface area (Å²) in [6.45, 7) is 17.7. The quantitative estimate of drug-likeness (QED) is 0.197. The molecule has 0 aromatic heterocycles. The summed E-state index contributed by atoms with van der Waals surface area (Å²) < 4.78 is 27.1. The molecule has 1 aromatic carbocycles. The fourth-order valence-corrected chi connectivity index (χ4v) is 3.22. The molecule has 232 valence electrons. The highest BCUT2D eigenvalue weighted by Crippen LogP contribution is 2.34. The Balaban J connectivity index is 3.00. The second-order valence-corrected chi connectivity index (χ2v) is 11.8. The molecular formula is C31H49NO9. The molecule has 0 fully saturated rings. The predicted molar refractivity (Wildman–Crippen MR) is 154 cm³/mol. The van der Waals surface area contributed by atoms with E-state index in [9.17, 15) is 19.2 Å². The van der Waals surface area contributed by atoms with E-state index in [0.717, 1.165) is 6.42 Å². The maximum Gasteiger partial charge on any atom is 0.508 e. The summed E-state index contributed by atoms with van der Waals surface area (Å²) in [7, 11) is 0. The molecule has 0 heterocycles. The van der Waals surface area contributed by atoms with E-state index < -0.39 is 53.1 Å². The first-order chi connectivity index (χ1) is 19.0. The Morgan fingerprint density at radius 2 is 1.29 bits per heavy atom. The van der Waals surface area contributed by atoms with E-state index in [1.165, 1.54) is 12.1 Å². The second kappa shape index (κ2) is 15.7. The highest BCUT2D eigenvalue weighted by molar-refractivity contribution is 5.81. The van der Waals surface area contributed by atoms with Gasteiger partial charge in [-0.1, -0.05) is 33.3 Å². The fraction of sp³-hybridized carbons (Fsp3) is 0.677. The van der Waals surface area contributed by atoms with Gasteiger partial charge in [-0.15, -0.1) is 0 Å². The molecule has 41 heavy (non-hydrogen) atoms. The van der Waals surface area contributed by atoms with Gasteiger partial charge < -0.3 is 29.4 Å². The van der Waals surface area contributed by atoms with Crippen LogP contribution in [0.25, 0.3) is 0 Å². The van der Waals surface area contributed by atoms with Gasteiger partial charge in [-0.2, -0.15) is 0 Å². The SMILES string of the molecule is CCCC(C)OC(=O)O[C@@H](C)[C@H](C)OC(=O)[C@@H](N)Cc1ccc(OC(=O)C(C)(C)CC)c(OC(=O)C(C)(C)CC)c1. The molecule has 1 unspecified atom stereocenters. The molecular weight excluding hydrogens is 530 g/mol. The molecule has 0 aliphatic heterocycles. The van der Waals surface area contributed by atoms with Gasteiger partial charge in [0.25, 0.3) is 0 Å². The summed E-state index contributed by atoms with van der Waals surface area (Å²) >= 11 is 0. The number of carbonyl (C=O) groups is 4. The average molecular weight is 580 g/mol. The van der Waals surface area contributed by atoms with Gasteiger partial charge in [0, 0.05) is 0 Å². The number of hydrogen-bond acceptors (Lipinski definition) is 10. The van der Waals surface area contributed by atoms with Crippen molar-refractivity contribution < 1.29 is 42.9 Å². The normalized spacial score (nSPS) is 14.7. The standard InChI is InChI=1S/C31H49NO9/c1-11-14-19(4)37-29(36)39-21(6)20(5)38-26(33)23(32)17-22-15-16-24(40-27(34)30(7,8)12-2)25(18-22)41-28(35)31(9,10)13-3/h15-16,18-21,23H,11-14,17,32H2,1-10H3/t19?,20-,21-,23-/m0/s1. The summed E-state index contributed by atoms with van der Waals surface area (Å²) in [5.74, 6) is -1.50. The first-order valence-corrected chi connectivity index (χ1v) is 14.4. The van der Waals surface area contributed by atoms with Crippen LogP contribution in [0.5, 0.6) is 11.5 Å². The summed E-state index contributed by atoms with van der Waals surface area (Å²) in [4.78, 5) is 50.3. The third-order valence-corrected chi connectivity index (χ3v) is 7.28. The number of ether oxygens (including phenoxy) is 5. The summed E-state index contributed by atoms with van der Waals surface area (Å²) in [5, 5.41) is 0. The lowest BCUT2D eigenvalue weighted by molar-refractivity contribution is -0.155. The van der Waals surface area contributed by atoms with E-state index in [1.807, 2.05) is 20.8 Å². The van der Waals surface area contributed by atoms with Crippen LogP contribution in [0.2, 0.25) is 0 Å². The molecule has 10 nitrogen and oxygen atoms in total. The van der Waals surface area contributed by atoms with E-state index in [0.29, 0.717) is 24.8 Å². The number of nitrogens with two attached hydrogens (primary N) is 1. The van der Waals surface area contributed by atoms with Gasteiger partial charge in [-0.25, -0.2) is 4.79 Å². The highest BCUT2D eigenvalue weighted by Gasteiger charge is 2.32. The predicted octanol–water partition coefficient (Wildman–Crippen LogP) is 5.90. The third kappa shape index (κ3) is 11.3. The van der Waals surface area contributed by atoms with Crippen molar-refractivity contribution >= 4 is 24.1 Å². The van der Waals surface area contributed by atoms with Gasteiger partial charge in [-0.05, 0) is 91.8 Å². The van der Waals surface area contributed by atoms with Crippen molar-refractivity contribution in [2.75, 3.05) is 0 Å². The van der Waals surface area contributed by atoms with Gasteiger partial charge in [0.2, 0.25) is 0 Å². The number of hydrogen-bond donors (Lipinski definition) is 1. The smallest absolute Gasteiger partial charge is 0.458 e. The third-order valence-electron chi connectivity index (χ3n) is 7.28. The van der Waals surface area contributed by atoms with Gasteiger partial charge in [0.15, 0.2) is 11.5 Å². The lowest BCUT2D eigenvalue weighted by Gasteiger charge is -2.24. The Hall–Kier alpha value is -3.14. The van der Waals surface area contributed by atoms with Gasteiger partial charge >= 0.3 is 24.1 Å². The zero-order valence-corrected chi connectivity index (χ0v) is 26.3. The average Bonchev–Trinajstić information content (AvgIpc) is 2.89. The Morgan fingerprint density at radius 1 is 0.780 bits per heavy atom. The maximum absolute atomic E-state index is 12.8. The van der Waals surface area contributed by atoms with Crippen molar-refractivity contribution in [3.63, 3.8) is 0 Å². The minimum Gasteiger partial charge on any atom is -0.458 e. The fourth-order valence-electron chi connectivity index (χ4n) is 3.22. The summed E-state index contributed by atoms with van der Waals surface area (Å²) in [5.41, 5.74) is 5.19. The number of rotatable bonds is 15. The number of carbonyl (C=O) groups excluding carboxylic acids is 4. The first kappa shape index (κ1) is 35.9. The molecule has 0 aliphatic carbocycles. The molecule has 4 atom stereocenters. The van der Waals surface area contributed by atoms with E-state index in [-0.39, 0.29) is 24.0 Å². The summed E-state index contributed by atoms with van der Waals surface area (Å²) in [6.07, 6.45) is 0.0604. The van der Waals surface area contributed by atoms with Crippen LogP contribution < -0.4 is 15.2 Å². The lowest BCUT2D eigenvalue weighted by Crippen LogP contribution is -2.39. The number of esters is 3. The minimum absolute atomic E-state index is 0.0494. The van der Waals surface area contributed by atoms with Crippen molar-refractivity contribution in [1.29, 1.82) is 0 Å². The largest absolute Gasteiger partial charge is 0.508 e. The van der Waals surface area contributed by atoms with Crippen LogP contribution in [0.15, 0.2) is 18.2 Å². The van der Waals surface area contributed by atoms with E-state index in [2.05, 4.69) is 0 Å². The minimum atomic E-state index is -1.07. The Kier molecular flexibility index (Phi) is 13.8. The Bertz CT molecular complexity index is 1050. The van der Waals surface area contributed by atoms with Crippen molar-refractivity contribution in [2.45, 2.75) is 126 Å². The Labute approximate surface area is 244 Å². The van der Waals surface area contributed by atoms with Crippen LogP contribution in [-0.4, -0.2) is 48.4 Å². The molecule has 1 aromatic rings. The zero-order chi connectivity index (χ0) is 31.5. The lowest BCUT2D eigenvalue weighted by atomic mass is 9.90. The van der Waals surface area contributed by atoms with Crippen LogP contribution in [0, 0.1) is 10.8 Å². The van der Waals surface area contributed by atoms with E-state index >= 15 is 0 Å². The van der Waals surface area contributed by atoms with E-state index in [4.69, 9.17) is 29.4 Å². The monoisotopic (exact) mass is 579 g/mol. The van der Waals surface area contributed by atoms with Gasteiger partial charge in [0.05, 0.1) is 10.8 Å². The van der Waals surface area contributed by atoms with Crippen molar-refractivity contribution in [3.8, 4) is 11.5 Å². The molecule has 0 saturated carbocycles.